The van der Waals surface area contributed by atoms with E-state index in [1.807, 2.05) is 18.2 Å². The maximum Gasteiger partial charge on any atom is 0.321 e. The summed E-state index contributed by atoms with van der Waals surface area (Å²) in [5.41, 5.74) is 2.07. The lowest BCUT2D eigenvalue weighted by molar-refractivity contribution is -0.118. The highest BCUT2D eigenvalue weighted by Crippen LogP contribution is 2.27. The van der Waals surface area contributed by atoms with Crippen molar-refractivity contribution in [1.29, 1.82) is 0 Å². The number of imide groups is 1. The molecule has 0 bridgehead atoms. The second-order valence-electron chi connectivity index (χ2n) is 6.92. The van der Waals surface area contributed by atoms with Crippen molar-refractivity contribution in [2.24, 2.45) is 0 Å². The first-order valence-electron chi connectivity index (χ1n) is 9.40. The summed E-state index contributed by atoms with van der Waals surface area (Å²) in [4.78, 5) is 26.3. The highest BCUT2D eigenvalue weighted by atomic mass is 16.2. The van der Waals surface area contributed by atoms with Crippen molar-refractivity contribution in [1.82, 2.24) is 10.6 Å². The van der Waals surface area contributed by atoms with Gasteiger partial charge in [0.25, 0.3) is 0 Å². The molecule has 0 radical (unpaired) electrons. The number of anilines is 2. The number of nitrogens with one attached hydrogen (secondary N) is 3. The van der Waals surface area contributed by atoms with Gasteiger partial charge in [0.2, 0.25) is 5.91 Å². The number of piperidine rings is 1. The molecule has 0 unspecified atom stereocenters. The number of benzene rings is 1. The van der Waals surface area contributed by atoms with Crippen molar-refractivity contribution in [3.63, 3.8) is 0 Å². The van der Waals surface area contributed by atoms with E-state index in [0.29, 0.717) is 0 Å². The van der Waals surface area contributed by atoms with E-state index in [1.165, 1.54) is 19.3 Å². The minimum absolute atomic E-state index is 0.0862. The molecule has 2 fully saturated rings. The summed E-state index contributed by atoms with van der Waals surface area (Å²) in [7, 11) is 0. The first kappa shape index (κ1) is 17.6. The Kier molecular flexibility index (Phi) is 6.14. The summed E-state index contributed by atoms with van der Waals surface area (Å²) in [6.07, 6.45) is 7.99. The van der Waals surface area contributed by atoms with E-state index in [0.717, 1.165) is 50.1 Å². The summed E-state index contributed by atoms with van der Waals surface area (Å²) < 4.78 is 0. The van der Waals surface area contributed by atoms with E-state index >= 15 is 0 Å². The molecule has 0 atom stereocenters. The van der Waals surface area contributed by atoms with Crippen molar-refractivity contribution in [2.75, 3.05) is 29.9 Å². The van der Waals surface area contributed by atoms with E-state index < -0.39 is 0 Å². The molecule has 2 aliphatic rings. The first-order valence-corrected chi connectivity index (χ1v) is 9.40. The molecule has 1 aromatic carbocycles. The van der Waals surface area contributed by atoms with Crippen molar-refractivity contribution in [3.8, 4) is 0 Å². The second-order valence-corrected chi connectivity index (χ2v) is 6.92. The first-order chi connectivity index (χ1) is 12.2. The molecule has 1 aliphatic carbocycles. The van der Waals surface area contributed by atoms with Gasteiger partial charge < -0.3 is 15.5 Å². The number of nitrogens with zero attached hydrogens (tertiary/aromatic N) is 1. The Labute approximate surface area is 149 Å². The molecular weight excluding hydrogens is 316 g/mol. The van der Waals surface area contributed by atoms with E-state index in [4.69, 9.17) is 0 Å². The van der Waals surface area contributed by atoms with Crippen LogP contribution in [0.4, 0.5) is 16.2 Å². The minimum atomic E-state index is -0.386. The lowest BCUT2D eigenvalue weighted by Crippen LogP contribution is -2.45. The summed E-state index contributed by atoms with van der Waals surface area (Å²) >= 11 is 0. The fraction of sp³-hybridized carbons (Fsp3) is 0.579. The predicted octanol–water partition coefficient (Wildman–Crippen LogP) is 2.86. The number of carbonyl (C=O) groups is 2. The topological polar surface area (TPSA) is 73.5 Å². The molecular formula is C19H28N4O2. The largest absolute Gasteiger partial charge is 0.374 e. The zero-order chi connectivity index (χ0) is 17.5. The Balaban J connectivity index is 1.49. The number of hydrogen-bond donors (Lipinski definition) is 3. The average molecular weight is 344 g/mol. The van der Waals surface area contributed by atoms with Crippen LogP contribution in [-0.2, 0) is 4.79 Å². The van der Waals surface area contributed by atoms with Crippen LogP contribution >= 0.6 is 0 Å². The van der Waals surface area contributed by atoms with Gasteiger partial charge in [-0.2, -0.15) is 0 Å². The van der Waals surface area contributed by atoms with Crippen LogP contribution in [0, 0.1) is 0 Å². The number of carbonyl (C=O) groups excluding carboxylic acids is 2. The van der Waals surface area contributed by atoms with Gasteiger partial charge >= 0.3 is 6.03 Å². The maximum absolute atomic E-state index is 12.0. The third-order valence-corrected chi connectivity index (χ3v) is 4.98. The molecule has 3 N–H and O–H groups in total. The van der Waals surface area contributed by atoms with E-state index in [9.17, 15) is 9.59 Å². The van der Waals surface area contributed by atoms with Gasteiger partial charge in [-0.1, -0.05) is 25.0 Å². The van der Waals surface area contributed by atoms with Gasteiger partial charge in [0.15, 0.2) is 0 Å². The second kappa shape index (κ2) is 8.74. The third-order valence-electron chi connectivity index (χ3n) is 4.98. The lowest BCUT2D eigenvalue weighted by Gasteiger charge is -2.30. The number of urea groups is 1. The Hall–Kier alpha value is -2.24. The molecule has 1 saturated heterocycles. The van der Waals surface area contributed by atoms with Crippen LogP contribution < -0.4 is 20.9 Å². The summed E-state index contributed by atoms with van der Waals surface area (Å²) in [6, 6.07) is 7.86. The highest BCUT2D eigenvalue weighted by molar-refractivity contribution is 5.96. The van der Waals surface area contributed by atoms with Gasteiger partial charge in [0, 0.05) is 19.1 Å². The molecule has 3 rings (SSSR count). The van der Waals surface area contributed by atoms with Crippen LogP contribution in [0.2, 0.25) is 0 Å². The number of rotatable bonds is 5. The zero-order valence-electron chi connectivity index (χ0n) is 14.7. The number of hydrogen-bond acceptors (Lipinski definition) is 4. The Morgan fingerprint density at radius 1 is 1.00 bits per heavy atom. The average Bonchev–Trinajstić information content (AvgIpc) is 3.14. The van der Waals surface area contributed by atoms with E-state index in [1.54, 1.807) is 0 Å². The molecule has 1 aromatic rings. The van der Waals surface area contributed by atoms with E-state index in [-0.39, 0.29) is 24.5 Å². The standard InChI is InChI=1S/C19H28N4O2/c24-18(22-19(25)21-15-8-2-3-9-15)14-20-16-10-4-5-11-17(16)23-12-6-1-7-13-23/h4-5,10-11,15,20H,1-3,6-9,12-14H2,(H2,21,22,24,25). The number of para-hydroxylation sites is 2. The smallest absolute Gasteiger partial charge is 0.321 e. The van der Waals surface area contributed by atoms with Crippen LogP contribution in [0.5, 0.6) is 0 Å². The Morgan fingerprint density at radius 3 is 2.48 bits per heavy atom. The Bertz CT molecular complexity index is 593. The fourth-order valence-electron chi connectivity index (χ4n) is 3.67. The van der Waals surface area contributed by atoms with Gasteiger partial charge in [0.1, 0.15) is 0 Å². The molecule has 1 aliphatic heterocycles. The van der Waals surface area contributed by atoms with Crippen molar-refractivity contribution >= 4 is 23.3 Å². The normalized spacial score (nSPS) is 18.0. The Morgan fingerprint density at radius 2 is 1.72 bits per heavy atom. The van der Waals surface area contributed by atoms with Crippen LogP contribution in [0.15, 0.2) is 24.3 Å². The molecule has 3 amide bonds. The van der Waals surface area contributed by atoms with Crippen molar-refractivity contribution in [2.45, 2.75) is 51.0 Å². The van der Waals surface area contributed by atoms with Crippen LogP contribution in [0.25, 0.3) is 0 Å². The number of amides is 3. The van der Waals surface area contributed by atoms with Gasteiger partial charge in [-0.3, -0.25) is 10.1 Å². The predicted molar refractivity (Wildman–Crippen MR) is 99.9 cm³/mol. The third kappa shape index (κ3) is 5.11. The molecule has 0 aromatic heterocycles. The van der Waals surface area contributed by atoms with Crippen molar-refractivity contribution in [3.05, 3.63) is 24.3 Å². The molecule has 1 saturated carbocycles. The highest BCUT2D eigenvalue weighted by Gasteiger charge is 2.18. The van der Waals surface area contributed by atoms with Gasteiger partial charge in [0.05, 0.1) is 17.9 Å². The molecule has 6 nitrogen and oxygen atoms in total. The van der Waals surface area contributed by atoms with E-state index in [2.05, 4.69) is 26.9 Å². The summed E-state index contributed by atoms with van der Waals surface area (Å²) in [5, 5.41) is 8.45. The minimum Gasteiger partial charge on any atom is -0.374 e. The SMILES string of the molecule is O=C(CNc1ccccc1N1CCCCC1)NC(=O)NC1CCCC1. The zero-order valence-corrected chi connectivity index (χ0v) is 14.7. The molecule has 136 valence electrons. The quantitative estimate of drug-likeness (QED) is 0.768. The maximum atomic E-state index is 12.0. The van der Waals surface area contributed by atoms with Crippen LogP contribution in [0.3, 0.4) is 0 Å². The molecule has 0 spiro atoms. The van der Waals surface area contributed by atoms with Gasteiger partial charge in [-0.05, 0) is 44.2 Å². The monoisotopic (exact) mass is 344 g/mol. The molecule has 6 heteroatoms. The molecule has 1 heterocycles. The van der Waals surface area contributed by atoms with Crippen LogP contribution in [-0.4, -0.2) is 37.6 Å². The van der Waals surface area contributed by atoms with Crippen molar-refractivity contribution < 1.29 is 9.59 Å². The lowest BCUT2D eigenvalue weighted by atomic mass is 10.1. The fourth-order valence-corrected chi connectivity index (χ4v) is 3.67. The molecule has 25 heavy (non-hydrogen) atoms. The van der Waals surface area contributed by atoms with Crippen LogP contribution in [0.1, 0.15) is 44.9 Å². The van der Waals surface area contributed by atoms with Gasteiger partial charge in [-0.15, -0.1) is 0 Å². The summed E-state index contributed by atoms with van der Waals surface area (Å²) in [6.45, 7) is 2.19. The van der Waals surface area contributed by atoms with Gasteiger partial charge in [-0.25, -0.2) is 4.79 Å². The summed E-state index contributed by atoms with van der Waals surface area (Å²) in [5.74, 6) is -0.316.